The molecule has 1 heterocycles. The molecule has 1 aromatic heterocycles. The van der Waals surface area contributed by atoms with Crippen molar-refractivity contribution < 1.29 is 17.9 Å². The van der Waals surface area contributed by atoms with Crippen molar-refractivity contribution in [3.63, 3.8) is 0 Å². The van der Waals surface area contributed by atoms with Crippen molar-refractivity contribution >= 4 is 0 Å². The van der Waals surface area contributed by atoms with Gasteiger partial charge in [0, 0.05) is 25.4 Å². The zero-order chi connectivity index (χ0) is 12.0. The van der Waals surface area contributed by atoms with Crippen molar-refractivity contribution in [1.29, 1.82) is 0 Å². The van der Waals surface area contributed by atoms with Gasteiger partial charge in [0.15, 0.2) is 0 Å². The molecule has 4 nitrogen and oxygen atoms in total. The molecule has 0 bridgehead atoms. The van der Waals surface area contributed by atoms with Gasteiger partial charge in [-0.3, -0.25) is 4.98 Å². The van der Waals surface area contributed by atoms with Crippen molar-refractivity contribution in [2.24, 2.45) is 5.73 Å². The summed E-state index contributed by atoms with van der Waals surface area (Å²) >= 11 is 0. The number of nitrogens with zero attached hydrogens (tertiary/aromatic N) is 2. The molecule has 0 saturated carbocycles. The fourth-order valence-corrected chi connectivity index (χ4v) is 1.06. The highest BCUT2D eigenvalue weighted by Gasteiger charge is 2.26. The van der Waals surface area contributed by atoms with Gasteiger partial charge in [0.25, 0.3) is 0 Å². The Labute approximate surface area is 90.6 Å². The second kappa shape index (κ2) is 5.64. The molecule has 0 unspecified atom stereocenters. The summed E-state index contributed by atoms with van der Waals surface area (Å²) in [5.41, 5.74) is 5.80. The van der Waals surface area contributed by atoms with Gasteiger partial charge in [-0.2, -0.15) is 13.2 Å². The third-order valence-electron chi connectivity index (χ3n) is 1.77. The van der Waals surface area contributed by atoms with Crippen LogP contribution in [-0.4, -0.2) is 22.8 Å². The van der Waals surface area contributed by atoms with Gasteiger partial charge in [-0.15, -0.1) is 0 Å². The second-order valence-electron chi connectivity index (χ2n) is 3.08. The number of aromatic nitrogens is 2. The number of alkyl halides is 3. The molecular weight excluding hydrogens is 223 g/mol. The molecule has 0 aliphatic rings. The summed E-state index contributed by atoms with van der Waals surface area (Å²) in [7, 11) is 0. The molecule has 90 valence electrons. The monoisotopic (exact) mass is 235 g/mol. The number of ether oxygens (including phenoxy) is 1. The molecule has 0 aliphatic heterocycles. The molecular formula is C9H12F3N3O. The highest BCUT2D eigenvalue weighted by atomic mass is 19.4. The summed E-state index contributed by atoms with van der Waals surface area (Å²) in [6.07, 6.45) is -2.28. The van der Waals surface area contributed by atoms with E-state index in [0.29, 0.717) is 5.69 Å². The van der Waals surface area contributed by atoms with Crippen LogP contribution in [0.3, 0.4) is 0 Å². The fraction of sp³-hybridized carbons (Fsp3) is 0.556. The van der Waals surface area contributed by atoms with Crippen molar-refractivity contribution in [2.75, 3.05) is 6.61 Å². The molecule has 0 saturated heterocycles. The highest BCUT2D eigenvalue weighted by molar-refractivity contribution is 5.16. The third-order valence-corrected chi connectivity index (χ3v) is 1.77. The average molecular weight is 235 g/mol. The average Bonchev–Trinajstić information content (AvgIpc) is 2.23. The summed E-state index contributed by atoms with van der Waals surface area (Å²) in [5.74, 6) is 0.201. The predicted octanol–water partition coefficient (Wildman–Crippen LogP) is 1.66. The number of nitrogens with two attached hydrogens (primary N) is 1. The summed E-state index contributed by atoms with van der Waals surface area (Å²) in [6.45, 7) is 0.0909. The van der Waals surface area contributed by atoms with Gasteiger partial charge in [-0.25, -0.2) is 4.98 Å². The van der Waals surface area contributed by atoms with E-state index in [-0.39, 0.29) is 25.5 Å². The van der Waals surface area contributed by atoms with E-state index in [1.807, 2.05) is 0 Å². The van der Waals surface area contributed by atoms with Crippen LogP contribution in [0.2, 0.25) is 0 Å². The Kier molecular flexibility index (Phi) is 4.48. The third kappa shape index (κ3) is 4.43. The van der Waals surface area contributed by atoms with Crippen LogP contribution in [0, 0.1) is 0 Å². The van der Waals surface area contributed by atoms with E-state index in [9.17, 15) is 13.2 Å². The Hall–Kier alpha value is -1.37. The van der Waals surface area contributed by atoms with E-state index in [2.05, 4.69) is 9.97 Å². The number of halogens is 3. The van der Waals surface area contributed by atoms with Crippen LogP contribution in [0.1, 0.15) is 18.5 Å². The SMILES string of the molecule is NCc1nccnc1OCCCC(F)(F)F. The largest absolute Gasteiger partial charge is 0.476 e. The molecule has 1 aromatic rings. The van der Waals surface area contributed by atoms with Crippen LogP contribution < -0.4 is 10.5 Å². The Morgan fingerprint density at radius 1 is 1.25 bits per heavy atom. The molecule has 16 heavy (non-hydrogen) atoms. The normalized spacial score (nSPS) is 11.5. The van der Waals surface area contributed by atoms with Gasteiger partial charge in [0.2, 0.25) is 5.88 Å². The molecule has 7 heteroatoms. The van der Waals surface area contributed by atoms with Crippen molar-refractivity contribution in [2.45, 2.75) is 25.6 Å². The van der Waals surface area contributed by atoms with Gasteiger partial charge < -0.3 is 10.5 Å². The lowest BCUT2D eigenvalue weighted by Gasteiger charge is -2.09. The second-order valence-corrected chi connectivity index (χ2v) is 3.08. The van der Waals surface area contributed by atoms with E-state index in [4.69, 9.17) is 10.5 Å². The summed E-state index contributed by atoms with van der Waals surface area (Å²) in [6, 6.07) is 0. The topological polar surface area (TPSA) is 61.0 Å². The van der Waals surface area contributed by atoms with Gasteiger partial charge in [-0.05, 0) is 6.42 Å². The maximum absolute atomic E-state index is 11.8. The smallest absolute Gasteiger partial charge is 0.389 e. The Bertz CT molecular complexity index is 330. The Balaban J connectivity index is 2.37. The van der Waals surface area contributed by atoms with Gasteiger partial charge in [0.1, 0.15) is 5.69 Å². The first-order valence-corrected chi connectivity index (χ1v) is 4.72. The maximum Gasteiger partial charge on any atom is 0.389 e. The van der Waals surface area contributed by atoms with E-state index < -0.39 is 12.6 Å². The number of hydrogen-bond acceptors (Lipinski definition) is 4. The molecule has 0 aromatic carbocycles. The molecule has 0 atom stereocenters. The van der Waals surface area contributed by atoms with Crippen LogP contribution in [0.4, 0.5) is 13.2 Å². The van der Waals surface area contributed by atoms with Crippen LogP contribution in [0.25, 0.3) is 0 Å². The van der Waals surface area contributed by atoms with Crippen LogP contribution in [0.15, 0.2) is 12.4 Å². The number of rotatable bonds is 5. The number of hydrogen-bond donors (Lipinski definition) is 1. The van der Waals surface area contributed by atoms with E-state index in [0.717, 1.165) is 0 Å². The zero-order valence-electron chi connectivity index (χ0n) is 8.50. The highest BCUT2D eigenvalue weighted by Crippen LogP contribution is 2.21. The standard InChI is InChI=1S/C9H12F3N3O/c10-9(11,12)2-1-5-16-8-7(6-13)14-3-4-15-8/h3-4H,1-2,5-6,13H2. The Morgan fingerprint density at radius 2 is 1.94 bits per heavy atom. The quantitative estimate of drug-likeness (QED) is 0.788. The van der Waals surface area contributed by atoms with Gasteiger partial charge >= 0.3 is 6.18 Å². The lowest BCUT2D eigenvalue weighted by molar-refractivity contribution is -0.136. The van der Waals surface area contributed by atoms with Crippen molar-refractivity contribution in [1.82, 2.24) is 9.97 Å². The zero-order valence-corrected chi connectivity index (χ0v) is 8.50. The molecule has 0 radical (unpaired) electrons. The first kappa shape index (κ1) is 12.7. The molecule has 0 amide bonds. The lowest BCUT2D eigenvalue weighted by Crippen LogP contribution is -2.11. The molecule has 2 N–H and O–H groups in total. The van der Waals surface area contributed by atoms with Crippen molar-refractivity contribution in [3.05, 3.63) is 18.1 Å². The predicted molar refractivity (Wildman–Crippen MR) is 50.7 cm³/mol. The molecule has 0 fully saturated rings. The fourth-order valence-electron chi connectivity index (χ4n) is 1.06. The van der Waals surface area contributed by atoms with Gasteiger partial charge in [-0.1, -0.05) is 0 Å². The van der Waals surface area contributed by atoms with Crippen LogP contribution in [-0.2, 0) is 6.54 Å². The summed E-state index contributed by atoms with van der Waals surface area (Å²) in [5, 5.41) is 0. The summed E-state index contributed by atoms with van der Waals surface area (Å²) in [4.78, 5) is 7.73. The first-order valence-electron chi connectivity index (χ1n) is 4.72. The van der Waals surface area contributed by atoms with E-state index in [1.54, 1.807) is 0 Å². The maximum atomic E-state index is 11.8. The minimum Gasteiger partial charge on any atom is -0.476 e. The lowest BCUT2D eigenvalue weighted by atomic mass is 10.3. The molecule has 1 rings (SSSR count). The van der Waals surface area contributed by atoms with Crippen LogP contribution >= 0.6 is 0 Å². The van der Waals surface area contributed by atoms with Crippen molar-refractivity contribution in [3.8, 4) is 5.88 Å². The Morgan fingerprint density at radius 3 is 2.56 bits per heavy atom. The summed E-state index contributed by atoms with van der Waals surface area (Å²) < 4.78 is 40.5. The van der Waals surface area contributed by atoms with E-state index >= 15 is 0 Å². The molecule has 0 aliphatic carbocycles. The van der Waals surface area contributed by atoms with Crippen LogP contribution in [0.5, 0.6) is 5.88 Å². The minimum atomic E-state index is -4.15. The van der Waals surface area contributed by atoms with Gasteiger partial charge in [0.05, 0.1) is 6.61 Å². The van der Waals surface area contributed by atoms with E-state index in [1.165, 1.54) is 12.4 Å². The minimum absolute atomic E-state index is 0.0504. The molecule has 0 spiro atoms. The first-order chi connectivity index (χ1) is 7.53.